The van der Waals surface area contributed by atoms with E-state index in [1.165, 1.54) is 5.56 Å². The Bertz CT molecular complexity index is 274. The number of rotatable bonds is 4. The lowest BCUT2D eigenvalue weighted by molar-refractivity contribution is 0.313. The van der Waals surface area contributed by atoms with Crippen LogP contribution in [-0.2, 0) is 0 Å². The van der Waals surface area contributed by atoms with Crippen molar-refractivity contribution in [2.75, 3.05) is 13.2 Å². The van der Waals surface area contributed by atoms with Gasteiger partial charge in [-0.3, -0.25) is 11.3 Å². The summed E-state index contributed by atoms with van der Waals surface area (Å²) in [7, 11) is 0. The predicted octanol–water partition coefficient (Wildman–Crippen LogP) is 1.15. The van der Waals surface area contributed by atoms with Gasteiger partial charge in [-0.25, -0.2) is 0 Å². The van der Waals surface area contributed by atoms with Gasteiger partial charge >= 0.3 is 0 Å². The van der Waals surface area contributed by atoms with Crippen LogP contribution in [0.1, 0.15) is 11.1 Å². The standard InChI is InChI=1S/C10H16N2O/c1-8-3-4-9(2)10(7-8)13-6-5-12-11/h3-4,7,12H,5-6,11H2,1-2H3. The molecule has 0 aliphatic carbocycles. The van der Waals surface area contributed by atoms with Crippen LogP contribution in [0, 0.1) is 13.8 Å². The molecule has 13 heavy (non-hydrogen) atoms. The van der Waals surface area contributed by atoms with Gasteiger partial charge in [-0.15, -0.1) is 0 Å². The van der Waals surface area contributed by atoms with Crippen LogP contribution >= 0.6 is 0 Å². The van der Waals surface area contributed by atoms with Crippen molar-refractivity contribution >= 4 is 0 Å². The van der Waals surface area contributed by atoms with Crippen LogP contribution in [0.5, 0.6) is 5.75 Å². The van der Waals surface area contributed by atoms with Crippen molar-refractivity contribution in [2.45, 2.75) is 13.8 Å². The van der Waals surface area contributed by atoms with Gasteiger partial charge in [-0.1, -0.05) is 12.1 Å². The Morgan fingerprint density at radius 1 is 1.38 bits per heavy atom. The molecule has 0 fully saturated rings. The third kappa shape index (κ3) is 3.05. The molecule has 3 heteroatoms. The van der Waals surface area contributed by atoms with Gasteiger partial charge in [0.15, 0.2) is 0 Å². The minimum absolute atomic E-state index is 0.598. The number of hydrogen-bond acceptors (Lipinski definition) is 3. The maximum absolute atomic E-state index is 5.52. The van der Waals surface area contributed by atoms with Gasteiger partial charge in [0.1, 0.15) is 12.4 Å². The summed E-state index contributed by atoms with van der Waals surface area (Å²) in [6.07, 6.45) is 0. The zero-order valence-corrected chi connectivity index (χ0v) is 8.13. The van der Waals surface area contributed by atoms with E-state index in [1.54, 1.807) is 0 Å². The number of hydrazine groups is 1. The highest BCUT2D eigenvalue weighted by molar-refractivity contribution is 5.35. The van der Waals surface area contributed by atoms with E-state index in [2.05, 4.69) is 17.6 Å². The highest BCUT2D eigenvalue weighted by Gasteiger charge is 1.98. The third-order valence-electron chi connectivity index (χ3n) is 1.85. The Hall–Kier alpha value is -1.06. The highest BCUT2D eigenvalue weighted by Crippen LogP contribution is 2.18. The van der Waals surface area contributed by atoms with Crippen molar-refractivity contribution in [1.29, 1.82) is 0 Å². The van der Waals surface area contributed by atoms with E-state index in [-0.39, 0.29) is 0 Å². The summed E-state index contributed by atoms with van der Waals surface area (Å²) < 4.78 is 5.52. The first-order chi connectivity index (χ1) is 6.24. The first kappa shape index (κ1) is 10.0. The van der Waals surface area contributed by atoms with E-state index in [4.69, 9.17) is 10.6 Å². The summed E-state index contributed by atoms with van der Waals surface area (Å²) in [6, 6.07) is 6.16. The lowest BCUT2D eigenvalue weighted by Gasteiger charge is -2.09. The summed E-state index contributed by atoms with van der Waals surface area (Å²) in [5, 5.41) is 0. The average molecular weight is 180 g/mol. The second-order valence-electron chi connectivity index (χ2n) is 3.07. The molecule has 0 unspecified atom stereocenters. The molecule has 1 rings (SSSR count). The molecule has 0 saturated heterocycles. The summed E-state index contributed by atoms with van der Waals surface area (Å²) in [5.74, 6) is 6.07. The van der Waals surface area contributed by atoms with Crippen molar-refractivity contribution in [1.82, 2.24) is 5.43 Å². The zero-order valence-electron chi connectivity index (χ0n) is 8.13. The van der Waals surface area contributed by atoms with Gasteiger partial charge in [-0.2, -0.15) is 0 Å². The number of nitrogens with one attached hydrogen (secondary N) is 1. The smallest absolute Gasteiger partial charge is 0.122 e. The number of ether oxygens (including phenoxy) is 1. The molecule has 0 heterocycles. The molecule has 3 N–H and O–H groups in total. The molecular formula is C10H16N2O. The fourth-order valence-corrected chi connectivity index (χ4v) is 1.08. The van der Waals surface area contributed by atoms with Crippen molar-refractivity contribution in [3.63, 3.8) is 0 Å². The molecule has 3 nitrogen and oxygen atoms in total. The second kappa shape index (κ2) is 4.84. The van der Waals surface area contributed by atoms with Gasteiger partial charge in [0.2, 0.25) is 0 Å². The molecule has 0 aliphatic heterocycles. The van der Waals surface area contributed by atoms with E-state index < -0.39 is 0 Å². The quantitative estimate of drug-likeness (QED) is 0.415. The van der Waals surface area contributed by atoms with E-state index in [9.17, 15) is 0 Å². The molecule has 1 aromatic rings. The van der Waals surface area contributed by atoms with Gasteiger partial charge in [0.05, 0.1) is 0 Å². The maximum atomic E-state index is 5.52. The second-order valence-corrected chi connectivity index (χ2v) is 3.07. The number of benzene rings is 1. The molecule has 0 spiro atoms. The van der Waals surface area contributed by atoms with Crippen LogP contribution < -0.4 is 16.0 Å². The molecule has 0 saturated carbocycles. The Morgan fingerprint density at radius 2 is 2.15 bits per heavy atom. The van der Waals surface area contributed by atoms with Crippen LogP contribution in [0.4, 0.5) is 0 Å². The van der Waals surface area contributed by atoms with E-state index >= 15 is 0 Å². The van der Waals surface area contributed by atoms with Crippen LogP contribution in [0.2, 0.25) is 0 Å². The Morgan fingerprint density at radius 3 is 2.85 bits per heavy atom. The number of aryl methyl sites for hydroxylation is 2. The normalized spacial score (nSPS) is 10.1. The third-order valence-corrected chi connectivity index (χ3v) is 1.85. The first-order valence-corrected chi connectivity index (χ1v) is 4.37. The topological polar surface area (TPSA) is 47.3 Å². The zero-order chi connectivity index (χ0) is 9.68. The fourth-order valence-electron chi connectivity index (χ4n) is 1.08. The molecule has 0 amide bonds. The van der Waals surface area contributed by atoms with Crippen LogP contribution in [0.3, 0.4) is 0 Å². The molecule has 0 aliphatic rings. The van der Waals surface area contributed by atoms with Crippen molar-refractivity contribution in [2.24, 2.45) is 5.84 Å². The molecule has 0 radical (unpaired) electrons. The lowest BCUT2D eigenvalue weighted by atomic mass is 10.1. The summed E-state index contributed by atoms with van der Waals surface area (Å²) in [4.78, 5) is 0. The first-order valence-electron chi connectivity index (χ1n) is 4.37. The average Bonchev–Trinajstić information content (AvgIpc) is 2.11. The van der Waals surface area contributed by atoms with Gasteiger partial charge in [0.25, 0.3) is 0 Å². The van der Waals surface area contributed by atoms with E-state index in [0.29, 0.717) is 13.2 Å². The fraction of sp³-hybridized carbons (Fsp3) is 0.400. The van der Waals surface area contributed by atoms with Gasteiger partial charge in [0, 0.05) is 6.54 Å². The van der Waals surface area contributed by atoms with Crippen molar-refractivity contribution in [3.8, 4) is 5.75 Å². The summed E-state index contributed by atoms with van der Waals surface area (Å²) in [6.45, 7) is 5.34. The number of hydrogen-bond donors (Lipinski definition) is 2. The molecule has 0 atom stereocenters. The summed E-state index contributed by atoms with van der Waals surface area (Å²) >= 11 is 0. The van der Waals surface area contributed by atoms with Crippen molar-refractivity contribution in [3.05, 3.63) is 29.3 Å². The predicted molar refractivity (Wildman–Crippen MR) is 53.6 cm³/mol. The maximum Gasteiger partial charge on any atom is 0.122 e. The van der Waals surface area contributed by atoms with Crippen LogP contribution in [-0.4, -0.2) is 13.2 Å². The van der Waals surface area contributed by atoms with Crippen LogP contribution in [0.25, 0.3) is 0 Å². The van der Waals surface area contributed by atoms with E-state index in [1.807, 2.05) is 19.9 Å². The molecule has 0 aromatic heterocycles. The minimum Gasteiger partial charge on any atom is -0.492 e. The largest absolute Gasteiger partial charge is 0.492 e. The Kier molecular flexibility index (Phi) is 3.73. The van der Waals surface area contributed by atoms with Gasteiger partial charge < -0.3 is 4.74 Å². The lowest BCUT2D eigenvalue weighted by Crippen LogP contribution is -2.27. The molecule has 0 bridgehead atoms. The monoisotopic (exact) mass is 180 g/mol. The highest BCUT2D eigenvalue weighted by atomic mass is 16.5. The number of nitrogens with two attached hydrogens (primary N) is 1. The Balaban J connectivity index is 2.59. The molecular weight excluding hydrogens is 164 g/mol. The van der Waals surface area contributed by atoms with Crippen LogP contribution in [0.15, 0.2) is 18.2 Å². The Labute approximate surface area is 78.9 Å². The molecule has 72 valence electrons. The molecule has 1 aromatic carbocycles. The van der Waals surface area contributed by atoms with Gasteiger partial charge in [-0.05, 0) is 31.0 Å². The SMILES string of the molecule is Cc1ccc(C)c(OCCNN)c1. The minimum atomic E-state index is 0.598. The summed E-state index contributed by atoms with van der Waals surface area (Å²) in [5.41, 5.74) is 4.91. The van der Waals surface area contributed by atoms with Crippen molar-refractivity contribution < 1.29 is 4.74 Å². The van der Waals surface area contributed by atoms with E-state index in [0.717, 1.165) is 11.3 Å².